The van der Waals surface area contributed by atoms with Gasteiger partial charge in [-0.1, -0.05) is 49.4 Å². The number of rotatable bonds is 1. The van der Waals surface area contributed by atoms with Gasteiger partial charge in [-0.25, -0.2) is 9.69 Å². The van der Waals surface area contributed by atoms with Crippen molar-refractivity contribution in [3.05, 3.63) is 29.3 Å². The predicted molar refractivity (Wildman–Crippen MR) is 77.9 cm³/mol. The van der Waals surface area contributed by atoms with Crippen molar-refractivity contribution in [3.8, 4) is 0 Å². The fourth-order valence-corrected chi connectivity index (χ4v) is 3.36. The van der Waals surface area contributed by atoms with Gasteiger partial charge < -0.3 is 5.32 Å². The molecule has 1 aromatic carbocycles. The minimum atomic E-state index is -0.716. The van der Waals surface area contributed by atoms with Crippen molar-refractivity contribution in [1.82, 2.24) is 5.32 Å². The van der Waals surface area contributed by atoms with Gasteiger partial charge in [-0.05, 0) is 25.0 Å². The van der Waals surface area contributed by atoms with Crippen LogP contribution in [0.1, 0.15) is 38.5 Å². The van der Waals surface area contributed by atoms with Gasteiger partial charge in [-0.15, -0.1) is 0 Å². The Morgan fingerprint density at radius 3 is 2.35 bits per heavy atom. The molecule has 2 aliphatic rings. The molecule has 1 spiro atoms. The van der Waals surface area contributed by atoms with E-state index in [-0.39, 0.29) is 11.9 Å². The van der Waals surface area contributed by atoms with Crippen LogP contribution < -0.4 is 10.2 Å². The first-order valence-electron chi connectivity index (χ1n) is 7.05. The van der Waals surface area contributed by atoms with Gasteiger partial charge in [0.25, 0.3) is 5.91 Å². The third kappa shape index (κ3) is 2.08. The lowest BCUT2D eigenvalue weighted by Crippen LogP contribution is -2.46. The van der Waals surface area contributed by atoms with Crippen LogP contribution >= 0.6 is 11.6 Å². The Hall–Kier alpha value is -1.55. The summed E-state index contributed by atoms with van der Waals surface area (Å²) in [5, 5.41) is 3.33. The molecule has 106 valence electrons. The highest BCUT2D eigenvalue weighted by molar-refractivity contribution is 6.36. The van der Waals surface area contributed by atoms with Crippen molar-refractivity contribution in [1.29, 1.82) is 0 Å². The van der Waals surface area contributed by atoms with E-state index in [9.17, 15) is 9.59 Å². The van der Waals surface area contributed by atoms with E-state index in [1.165, 1.54) is 4.90 Å². The summed E-state index contributed by atoms with van der Waals surface area (Å²) >= 11 is 6.12. The van der Waals surface area contributed by atoms with Crippen LogP contribution in [0.2, 0.25) is 5.02 Å². The summed E-state index contributed by atoms with van der Waals surface area (Å²) in [5.74, 6) is -0.155. The number of benzene rings is 1. The van der Waals surface area contributed by atoms with Gasteiger partial charge in [0.1, 0.15) is 5.54 Å². The molecule has 0 unspecified atom stereocenters. The molecule has 1 saturated carbocycles. The van der Waals surface area contributed by atoms with Gasteiger partial charge in [-0.2, -0.15) is 0 Å². The molecule has 1 aliphatic heterocycles. The maximum atomic E-state index is 12.8. The SMILES string of the molecule is O=C1NC2(CCCCCC2)C(=O)N1c1ccccc1Cl. The van der Waals surface area contributed by atoms with Crippen molar-refractivity contribution in [2.24, 2.45) is 0 Å². The minimum absolute atomic E-state index is 0.155. The standard InChI is InChI=1S/C15H17ClN2O2/c16-11-7-3-4-8-12(11)18-13(19)15(17-14(18)20)9-5-1-2-6-10-15/h3-4,7-8H,1-2,5-6,9-10H2,(H,17,20). The molecule has 2 fully saturated rings. The summed E-state index contributed by atoms with van der Waals surface area (Å²) in [6.45, 7) is 0. The smallest absolute Gasteiger partial charge is 0.323 e. The van der Waals surface area contributed by atoms with E-state index in [0.717, 1.165) is 38.5 Å². The second kappa shape index (κ2) is 5.09. The molecule has 0 bridgehead atoms. The van der Waals surface area contributed by atoms with E-state index < -0.39 is 5.54 Å². The summed E-state index contributed by atoms with van der Waals surface area (Å²) in [4.78, 5) is 26.2. The van der Waals surface area contributed by atoms with Crippen LogP contribution in [0.5, 0.6) is 0 Å². The molecule has 0 radical (unpaired) electrons. The van der Waals surface area contributed by atoms with Gasteiger partial charge in [-0.3, -0.25) is 4.79 Å². The Labute approximate surface area is 123 Å². The first-order chi connectivity index (χ1) is 9.64. The Bertz CT molecular complexity index is 551. The number of urea groups is 1. The van der Waals surface area contributed by atoms with Gasteiger partial charge >= 0.3 is 6.03 Å². The fourth-order valence-electron chi connectivity index (χ4n) is 3.14. The molecule has 0 atom stereocenters. The number of nitrogens with one attached hydrogen (secondary N) is 1. The van der Waals surface area contributed by atoms with Crippen LogP contribution in [0.3, 0.4) is 0 Å². The number of carbonyl (C=O) groups excluding carboxylic acids is 2. The number of anilines is 1. The van der Waals surface area contributed by atoms with E-state index in [1.54, 1.807) is 24.3 Å². The van der Waals surface area contributed by atoms with E-state index in [1.807, 2.05) is 0 Å². The third-order valence-electron chi connectivity index (χ3n) is 4.21. The van der Waals surface area contributed by atoms with Crippen LogP contribution in [-0.2, 0) is 4.79 Å². The second-order valence-electron chi connectivity index (χ2n) is 5.52. The number of hydrogen-bond donors (Lipinski definition) is 1. The van der Waals surface area contributed by atoms with Crippen molar-refractivity contribution in [3.63, 3.8) is 0 Å². The Balaban J connectivity index is 1.96. The van der Waals surface area contributed by atoms with Crippen molar-refractivity contribution in [2.45, 2.75) is 44.1 Å². The van der Waals surface area contributed by atoms with Crippen LogP contribution in [0, 0.1) is 0 Å². The Morgan fingerprint density at radius 1 is 1.05 bits per heavy atom. The first-order valence-corrected chi connectivity index (χ1v) is 7.43. The third-order valence-corrected chi connectivity index (χ3v) is 4.53. The number of nitrogens with zero attached hydrogens (tertiary/aromatic N) is 1. The molecule has 3 rings (SSSR count). The van der Waals surface area contributed by atoms with E-state index >= 15 is 0 Å². The van der Waals surface area contributed by atoms with Crippen molar-refractivity contribution in [2.75, 3.05) is 4.90 Å². The molecule has 4 nitrogen and oxygen atoms in total. The molecule has 1 saturated heterocycles. The predicted octanol–water partition coefficient (Wildman–Crippen LogP) is 3.49. The number of halogens is 1. The van der Waals surface area contributed by atoms with Gasteiger partial charge in [0.2, 0.25) is 0 Å². The van der Waals surface area contributed by atoms with Gasteiger partial charge in [0.15, 0.2) is 0 Å². The van der Waals surface area contributed by atoms with Crippen molar-refractivity contribution < 1.29 is 9.59 Å². The average Bonchev–Trinajstić information content (AvgIpc) is 2.60. The summed E-state index contributed by atoms with van der Waals surface area (Å²) in [5.41, 5.74) is -0.245. The van der Waals surface area contributed by atoms with Crippen LogP contribution in [0.4, 0.5) is 10.5 Å². The monoisotopic (exact) mass is 292 g/mol. The average molecular weight is 293 g/mol. The molecular weight excluding hydrogens is 276 g/mol. The molecular formula is C15H17ClN2O2. The highest BCUT2D eigenvalue weighted by Gasteiger charge is 2.51. The van der Waals surface area contributed by atoms with E-state index in [4.69, 9.17) is 11.6 Å². The maximum Gasteiger partial charge on any atom is 0.329 e. The van der Waals surface area contributed by atoms with E-state index in [0.29, 0.717) is 10.7 Å². The quantitative estimate of drug-likeness (QED) is 0.806. The molecule has 1 aromatic rings. The number of carbonyl (C=O) groups is 2. The number of para-hydroxylation sites is 1. The lowest BCUT2D eigenvalue weighted by molar-refractivity contribution is -0.122. The van der Waals surface area contributed by atoms with Crippen molar-refractivity contribution >= 4 is 29.2 Å². The lowest BCUT2D eigenvalue weighted by Gasteiger charge is -2.24. The molecule has 3 amide bonds. The summed E-state index contributed by atoms with van der Waals surface area (Å²) in [7, 11) is 0. The minimum Gasteiger partial charge on any atom is -0.323 e. The zero-order valence-corrected chi connectivity index (χ0v) is 11.9. The van der Waals surface area contributed by atoms with Crippen LogP contribution in [-0.4, -0.2) is 17.5 Å². The zero-order valence-electron chi connectivity index (χ0n) is 11.2. The summed E-state index contributed by atoms with van der Waals surface area (Å²) in [6.07, 6.45) is 5.63. The molecule has 5 heteroatoms. The Morgan fingerprint density at radius 2 is 1.70 bits per heavy atom. The van der Waals surface area contributed by atoms with Gasteiger partial charge in [0, 0.05) is 0 Å². The number of imide groups is 1. The first kappa shape index (κ1) is 13.4. The Kier molecular flexibility index (Phi) is 3.42. The fraction of sp³-hybridized carbons (Fsp3) is 0.467. The zero-order chi connectivity index (χ0) is 14.2. The number of amides is 3. The van der Waals surface area contributed by atoms with Gasteiger partial charge in [0.05, 0.1) is 10.7 Å². The largest absolute Gasteiger partial charge is 0.329 e. The highest BCUT2D eigenvalue weighted by atomic mass is 35.5. The van der Waals surface area contributed by atoms with Crippen LogP contribution in [0.25, 0.3) is 0 Å². The molecule has 20 heavy (non-hydrogen) atoms. The second-order valence-corrected chi connectivity index (χ2v) is 5.93. The molecule has 1 N–H and O–H groups in total. The molecule has 0 aromatic heterocycles. The molecule has 1 heterocycles. The topological polar surface area (TPSA) is 49.4 Å². The molecule has 1 aliphatic carbocycles. The lowest BCUT2D eigenvalue weighted by atomic mass is 9.90. The number of hydrogen-bond acceptors (Lipinski definition) is 2. The van der Waals surface area contributed by atoms with E-state index in [2.05, 4.69) is 5.32 Å². The normalized spacial score (nSPS) is 21.9. The summed E-state index contributed by atoms with van der Waals surface area (Å²) < 4.78 is 0. The highest BCUT2D eigenvalue weighted by Crippen LogP contribution is 2.36. The van der Waals surface area contributed by atoms with Crippen LogP contribution in [0.15, 0.2) is 24.3 Å². The maximum absolute atomic E-state index is 12.8. The summed E-state index contributed by atoms with van der Waals surface area (Å²) in [6, 6.07) is 6.60.